The summed E-state index contributed by atoms with van der Waals surface area (Å²) in [6, 6.07) is 0.684. The van der Waals surface area contributed by atoms with Crippen LogP contribution in [0.2, 0.25) is 0 Å². The summed E-state index contributed by atoms with van der Waals surface area (Å²) in [5.74, 6) is 0.224. The number of nitrogens with zero attached hydrogens (tertiary/aromatic N) is 2. The van der Waals surface area contributed by atoms with Gasteiger partial charge in [0.2, 0.25) is 5.91 Å². The maximum Gasteiger partial charge on any atom is 0.219 e. The van der Waals surface area contributed by atoms with Crippen LogP contribution >= 0.6 is 0 Å². The molecule has 0 atom stereocenters. The number of likely N-dealkylation sites (tertiary alicyclic amines) is 2. The van der Waals surface area contributed by atoms with Crippen LogP contribution in [0.25, 0.3) is 0 Å². The molecule has 1 amide bonds. The number of carbonyl (C=O) groups excluding carboxylic acids is 1. The van der Waals surface area contributed by atoms with Gasteiger partial charge in [0.25, 0.3) is 0 Å². The molecule has 0 aromatic rings. The van der Waals surface area contributed by atoms with Gasteiger partial charge in [0, 0.05) is 46.3 Å². The maximum absolute atomic E-state index is 11.3. The number of hydrogen-bond acceptors (Lipinski definition) is 3. The molecular weight excluding hydrogens is 216 g/mol. The fourth-order valence-corrected chi connectivity index (χ4v) is 3.02. The van der Waals surface area contributed by atoms with Crippen LogP contribution in [-0.2, 0) is 9.53 Å². The van der Waals surface area contributed by atoms with Gasteiger partial charge >= 0.3 is 0 Å². The second-order valence-corrected chi connectivity index (χ2v) is 5.21. The first-order chi connectivity index (χ1) is 8.20. The van der Waals surface area contributed by atoms with Gasteiger partial charge in [-0.2, -0.15) is 0 Å². The molecule has 0 aromatic carbocycles. The van der Waals surface area contributed by atoms with E-state index in [1.165, 1.54) is 0 Å². The highest BCUT2D eigenvalue weighted by Gasteiger charge is 2.28. The van der Waals surface area contributed by atoms with Gasteiger partial charge in [-0.25, -0.2) is 0 Å². The number of amides is 1. The molecule has 2 rings (SSSR count). The summed E-state index contributed by atoms with van der Waals surface area (Å²) >= 11 is 0. The van der Waals surface area contributed by atoms with Crippen molar-refractivity contribution >= 4 is 5.91 Å². The van der Waals surface area contributed by atoms with Gasteiger partial charge in [0.1, 0.15) is 0 Å². The van der Waals surface area contributed by atoms with E-state index in [9.17, 15) is 4.79 Å². The minimum Gasteiger partial charge on any atom is -0.381 e. The third-order valence-corrected chi connectivity index (χ3v) is 4.24. The topological polar surface area (TPSA) is 32.8 Å². The number of ether oxygens (including phenoxy) is 1. The third kappa shape index (κ3) is 3.19. The number of hydrogen-bond donors (Lipinski definition) is 0. The van der Waals surface area contributed by atoms with Gasteiger partial charge in [-0.3, -0.25) is 4.79 Å². The van der Waals surface area contributed by atoms with Crippen LogP contribution in [0, 0.1) is 0 Å². The molecule has 0 saturated carbocycles. The fourth-order valence-electron chi connectivity index (χ4n) is 3.02. The van der Waals surface area contributed by atoms with Gasteiger partial charge in [-0.15, -0.1) is 0 Å². The molecule has 0 aromatic heterocycles. The predicted molar refractivity (Wildman–Crippen MR) is 66.9 cm³/mol. The van der Waals surface area contributed by atoms with E-state index in [0.717, 1.165) is 51.9 Å². The lowest BCUT2D eigenvalue weighted by Crippen LogP contribution is -2.49. The summed E-state index contributed by atoms with van der Waals surface area (Å²) in [4.78, 5) is 15.8. The minimum absolute atomic E-state index is 0.224. The standard InChI is InChI=1S/C13H24N2O2/c1-11(16)14-7-3-12(4-8-14)15-9-5-13(17-2)6-10-15/h12-13H,3-10H2,1-2H3. The number of methoxy groups -OCH3 is 1. The lowest BCUT2D eigenvalue weighted by Gasteiger charge is -2.41. The molecule has 0 radical (unpaired) electrons. The minimum atomic E-state index is 0.224. The van der Waals surface area contributed by atoms with Crippen molar-refractivity contribution in [2.24, 2.45) is 0 Å². The van der Waals surface area contributed by atoms with Crippen molar-refractivity contribution in [2.45, 2.75) is 44.8 Å². The van der Waals surface area contributed by atoms with Crippen molar-refractivity contribution in [3.63, 3.8) is 0 Å². The lowest BCUT2D eigenvalue weighted by molar-refractivity contribution is -0.130. The largest absolute Gasteiger partial charge is 0.381 e. The van der Waals surface area contributed by atoms with E-state index in [1.54, 1.807) is 6.92 Å². The van der Waals surface area contributed by atoms with E-state index in [4.69, 9.17) is 4.74 Å². The Kier molecular flexibility index (Phi) is 4.40. The van der Waals surface area contributed by atoms with Crippen LogP contribution in [-0.4, -0.2) is 61.1 Å². The summed E-state index contributed by atoms with van der Waals surface area (Å²) in [5, 5.41) is 0. The molecule has 98 valence electrons. The highest BCUT2D eigenvalue weighted by molar-refractivity contribution is 5.73. The van der Waals surface area contributed by atoms with Crippen molar-refractivity contribution in [1.82, 2.24) is 9.80 Å². The Morgan fingerprint density at radius 3 is 2.12 bits per heavy atom. The monoisotopic (exact) mass is 240 g/mol. The molecule has 4 nitrogen and oxygen atoms in total. The number of carbonyl (C=O) groups is 1. The first-order valence-electron chi connectivity index (χ1n) is 6.73. The lowest BCUT2D eigenvalue weighted by atomic mass is 9.99. The Hall–Kier alpha value is -0.610. The Morgan fingerprint density at radius 2 is 1.65 bits per heavy atom. The SMILES string of the molecule is COC1CCN(C2CCN(C(C)=O)CC2)CC1. The highest BCUT2D eigenvalue weighted by Crippen LogP contribution is 2.21. The summed E-state index contributed by atoms with van der Waals surface area (Å²) < 4.78 is 5.40. The van der Waals surface area contributed by atoms with Crippen LogP contribution in [0.4, 0.5) is 0 Å². The maximum atomic E-state index is 11.3. The molecule has 2 aliphatic heterocycles. The molecule has 4 heteroatoms. The number of piperidine rings is 2. The molecule has 2 aliphatic rings. The Balaban J connectivity index is 1.76. The van der Waals surface area contributed by atoms with Crippen molar-refractivity contribution in [3.8, 4) is 0 Å². The third-order valence-electron chi connectivity index (χ3n) is 4.24. The van der Waals surface area contributed by atoms with Gasteiger partial charge in [-0.1, -0.05) is 0 Å². The van der Waals surface area contributed by atoms with Gasteiger partial charge in [-0.05, 0) is 25.7 Å². The molecular formula is C13H24N2O2. The van der Waals surface area contributed by atoms with Crippen molar-refractivity contribution in [3.05, 3.63) is 0 Å². The first kappa shape index (κ1) is 12.8. The van der Waals surface area contributed by atoms with E-state index in [1.807, 2.05) is 12.0 Å². The van der Waals surface area contributed by atoms with Crippen LogP contribution in [0.5, 0.6) is 0 Å². The Morgan fingerprint density at radius 1 is 1.06 bits per heavy atom. The Labute approximate surface area is 104 Å². The van der Waals surface area contributed by atoms with Crippen LogP contribution in [0.3, 0.4) is 0 Å². The quantitative estimate of drug-likeness (QED) is 0.725. The smallest absolute Gasteiger partial charge is 0.219 e. The summed E-state index contributed by atoms with van der Waals surface area (Å²) in [6.45, 7) is 5.85. The summed E-state index contributed by atoms with van der Waals surface area (Å²) in [6.07, 6.45) is 5.05. The zero-order valence-electron chi connectivity index (χ0n) is 11.0. The highest BCUT2D eigenvalue weighted by atomic mass is 16.5. The van der Waals surface area contributed by atoms with E-state index < -0.39 is 0 Å². The molecule has 2 heterocycles. The number of rotatable bonds is 2. The second-order valence-electron chi connectivity index (χ2n) is 5.21. The van der Waals surface area contributed by atoms with Crippen molar-refractivity contribution < 1.29 is 9.53 Å². The fraction of sp³-hybridized carbons (Fsp3) is 0.923. The summed E-state index contributed by atoms with van der Waals surface area (Å²) in [5.41, 5.74) is 0. The van der Waals surface area contributed by atoms with E-state index in [2.05, 4.69) is 4.90 Å². The summed E-state index contributed by atoms with van der Waals surface area (Å²) in [7, 11) is 1.81. The van der Waals surface area contributed by atoms with Crippen LogP contribution < -0.4 is 0 Å². The first-order valence-corrected chi connectivity index (χ1v) is 6.73. The molecule has 0 unspecified atom stereocenters. The molecule has 0 N–H and O–H groups in total. The van der Waals surface area contributed by atoms with E-state index >= 15 is 0 Å². The van der Waals surface area contributed by atoms with E-state index in [0.29, 0.717) is 12.1 Å². The molecule has 2 fully saturated rings. The normalized spacial score (nSPS) is 25.2. The molecule has 0 spiro atoms. The molecule has 17 heavy (non-hydrogen) atoms. The van der Waals surface area contributed by atoms with Crippen LogP contribution in [0.15, 0.2) is 0 Å². The zero-order chi connectivity index (χ0) is 12.3. The van der Waals surface area contributed by atoms with Crippen LogP contribution in [0.1, 0.15) is 32.6 Å². The molecule has 0 aliphatic carbocycles. The average Bonchev–Trinajstić information content (AvgIpc) is 2.39. The van der Waals surface area contributed by atoms with Crippen molar-refractivity contribution in [1.29, 1.82) is 0 Å². The predicted octanol–water partition coefficient (Wildman–Crippen LogP) is 1.11. The van der Waals surface area contributed by atoms with Gasteiger partial charge in [0.05, 0.1) is 6.10 Å². The van der Waals surface area contributed by atoms with Crippen molar-refractivity contribution in [2.75, 3.05) is 33.3 Å². The Bertz CT molecular complexity index is 254. The van der Waals surface area contributed by atoms with E-state index in [-0.39, 0.29) is 5.91 Å². The van der Waals surface area contributed by atoms with Gasteiger partial charge in [0.15, 0.2) is 0 Å². The molecule has 2 saturated heterocycles. The second kappa shape index (κ2) is 5.83. The average molecular weight is 240 g/mol. The molecule has 0 bridgehead atoms. The van der Waals surface area contributed by atoms with Gasteiger partial charge < -0.3 is 14.5 Å². The zero-order valence-corrected chi connectivity index (χ0v) is 11.0.